The Balaban J connectivity index is 1.97. The number of hydrogen-bond donors (Lipinski definition) is 1. The van der Waals surface area contributed by atoms with Gasteiger partial charge in [0.05, 0.1) is 12.2 Å². The fourth-order valence-electron chi connectivity index (χ4n) is 2.15. The van der Waals surface area contributed by atoms with E-state index in [1.807, 2.05) is 43.3 Å². The molecule has 0 aliphatic carbocycles. The number of esters is 1. The first kappa shape index (κ1) is 15.3. The molecule has 21 heavy (non-hydrogen) atoms. The number of carbonyl (C=O) groups is 1. The Labute approximate surface area is 126 Å². The summed E-state index contributed by atoms with van der Waals surface area (Å²) in [6.07, 6.45) is 0. The van der Waals surface area contributed by atoms with Crippen LogP contribution in [0.1, 0.15) is 41.4 Å². The van der Waals surface area contributed by atoms with Gasteiger partial charge < -0.3 is 10.1 Å². The van der Waals surface area contributed by atoms with Crippen molar-refractivity contribution in [3.63, 3.8) is 0 Å². The van der Waals surface area contributed by atoms with Crippen molar-refractivity contribution in [2.75, 3.05) is 6.61 Å². The highest BCUT2D eigenvalue weighted by Gasteiger charge is 2.08. The van der Waals surface area contributed by atoms with Gasteiger partial charge in [0.25, 0.3) is 0 Å². The van der Waals surface area contributed by atoms with Gasteiger partial charge in [-0.05, 0) is 37.1 Å². The lowest BCUT2D eigenvalue weighted by atomic mass is 10.1. The number of rotatable bonds is 6. The molecule has 0 fully saturated rings. The number of benzene rings is 2. The third-order valence-corrected chi connectivity index (χ3v) is 3.35. The maximum Gasteiger partial charge on any atom is 0.338 e. The number of carbonyl (C=O) groups excluding carboxylic acids is 1. The molecule has 2 aromatic rings. The Morgan fingerprint density at radius 2 is 1.90 bits per heavy atom. The van der Waals surface area contributed by atoms with Crippen molar-refractivity contribution < 1.29 is 9.53 Å². The summed E-state index contributed by atoms with van der Waals surface area (Å²) in [4.78, 5) is 11.7. The third-order valence-electron chi connectivity index (χ3n) is 3.35. The lowest BCUT2D eigenvalue weighted by Crippen LogP contribution is -2.18. The van der Waals surface area contributed by atoms with Gasteiger partial charge in [-0.1, -0.05) is 42.5 Å². The lowest BCUT2D eigenvalue weighted by molar-refractivity contribution is 0.0526. The molecule has 1 N–H and O–H groups in total. The molecule has 0 spiro atoms. The average Bonchev–Trinajstić information content (AvgIpc) is 2.54. The molecule has 0 amide bonds. The van der Waals surface area contributed by atoms with Crippen molar-refractivity contribution in [2.45, 2.75) is 26.4 Å². The molecule has 0 saturated carbocycles. The van der Waals surface area contributed by atoms with Crippen LogP contribution in [-0.4, -0.2) is 12.6 Å². The minimum atomic E-state index is -0.268. The van der Waals surface area contributed by atoms with Crippen LogP contribution in [-0.2, 0) is 11.3 Å². The predicted octanol–water partition coefficient (Wildman–Crippen LogP) is 3.71. The molecule has 1 atom stereocenters. The highest BCUT2D eigenvalue weighted by atomic mass is 16.5. The smallest absolute Gasteiger partial charge is 0.338 e. The topological polar surface area (TPSA) is 38.3 Å². The fourth-order valence-corrected chi connectivity index (χ4v) is 2.15. The van der Waals surface area contributed by atoms with Crippen molar-refractivity contribution in [2.24, 2.45) is 0 Å². The van der Waals surface area contributed by atoms with Crippen molar-refractivity contribution >= 4 is 5.97 Å². The lowest BCUT2D eigenvalue weighted by Gasteiger charge is -2.14. The Kier molecular flexibility index (Phi) is 5.52. The minimum Gasteiger partial charge on any atom is -0.462 e. The van der Waals surface area contributed by atoms with Crippen LogP contribution in [0, 0.1) is 0 Å². The molecule has 2 aromatic carbocycles. The third kappa shape index (κ3) is 4.43. The summed E-state index contributed by atoms with van der Waals surface area (Å²) < 4.78 is 5.02. The minimum absolute atomic E-state index is 0.262. The van der Waals surface area contributed by atoms with Crippen molar-refractivity contribution in [3.05, 3.63) is 71.3 Å². The SMILES string of the molecule is CCOC(=O)c1cccc(CN[C@@H](C)c2ccccc2)c1. The highest BCUT2D eigenvalue weighted by molar-refractivity contribution is 5.89. The molecule has 0 aliphatic rings. The maximum absolute atomic E-state index is 11.7. The summed E-state index contributed by atoms with van der Waals surface area (Å²) in [5, 5.41) is 3.46. The van der Waals surface area contributed by atoms with Gasteiger partial charge in [-0.3, -0.25) is 0 Å². The Hall–Kier alpha value is -2.13. The molecular formula is C18H21NO2. The van der Waals surface area contributed by atoms with E-state index in [1.165, 1.54) is 5.56 Å². The molecule has 0 bridgehead atoms. The molecule has 3 nitrogen and oxygen atoms in total. The molecule has 3 heteroatoms. The van der Waals surface area contributed by atoms with Crippen LogP contribution >= 0.6 is 0 Å². The molecular weight excluding hydrogens is 262 g/mol. The normalized spacial score (nSPS) is 11.9. The standard InChI is InChI=1S/C18H21NO2/c1-3-21-18(20)17-11-7-8-15(12-17)13-19-14(2)16-9-5-4-6-10-16/h4-12,14,19H,3,13H2,1-2H3/t14-/m0/s1. The van der Waals surface area contributed by atoms with Crippen molar-refractivity contribution in [3.8, 4) is 0 Å². The van der Waals surface area contributed by atoms with E-state index < -0.39 is 0 Å². The van der Waals surface area contributed by atoms with Crippen molar-refractivity contribution in [1.29, 1.82) is 0 Å². The molecule has 0 saturated heterocycles. The number of hydrogen-bond acceptors (Lipinski definition) is 3. The first-order valence-electron chi connectivity index (χ1n) is 7.25. The van der Waals surface area contributed by atoms with Gasteiger partial charge in [0, 0.05) is 12.6 Å². The zero-order chi connectivity index (χ0) is 15.1. The Bertz CT molecular complexity index is 581. The summed E-state index contributed by atoms with van der Waals surface area (Å²) in [6, 6.07) is 18.1. The Morgan fingerprint density at radius 3 is 2.62 bits per heavy atom. The van der Waals surface area contributed by atoms with Crippen molar-refractivity contribution in [1.82, 2.24) is 5.32 Å². The first-order valence-corrected chi connectivity index (χ1v) is 7.25. The summed E-state index contributed by atoms with van der Waals surface area (Å²) in [5.41, 5.74) is 2.92. The van der Waals surface area contributed by atoms with E-state index in [9.17, 15) is 4.79 Å². The monoisotopic (exact) mass is 283 g/mol. The van der Waals surface area contributed by atoms with E-state index in [2.05, 4.69) is 24.4 Å². The fraction of sp³-hybridized carbons (Fsp3) is 0.278. The highest BCUT2D eigenvalue weighted by Crippen LogP contribution is 2.13. The van der Waals surface area contributed by atoms with E-state index in [-0.39, 0.29) is 12.0 Å². The molecule has 0 unspecified atom stereocenters. The van der Waals surface area contributed by atoms with Gasteiger partial charge in [0.1, 0.15) is 0 Å². The van der Waals surface area contributed by atoms with Gasteiger partial charge in [0.15, 0.2) is 0 Å². The first-order chi connectivity index (χ1) is 10.2. The average molecular weight is 283 g/mol. The van der Waals surface area contributed by atoms with Crippen LogP contribution in [0.4, 0.5) is 0 Å². The van der Waals surface area contributed by atoms with Crippen LogP contribution in [0.5, 0.6) is 0 Å². The van der Waals surface area contributed by atoms with Gasteiger partial charge >= 0.3 is 5.97 Å². The summed E-state index contributed by atoms with van der Waals surface area (Å²) >= 11 is 0. The van der Waals surface area contributed by atoms with Gasteiger partial charge in [-0.2, -0.15) is 0 Å². The van der Waals surface area contributed by atoms with E-state index >= 15 is 0 Å². The van der Waals surface area contributed by atoms with Crippen LogP contribution in [0.2, 0.25) is 0 Å². The van der Waals surface area contributed by atoms with E-state index in [1.54, 1.807) is 6.07 Å². The summed E-state index contributed by atoms with van der Waals surface area (Å²) in [6.45, 7) is 5.05. The predicted molar refractivity (Wildman–Crippen MR) is 84.1 cm³/mol. The van der Waals surface area contributed by atoms with Crippen LogP contribution in [0.15, 0.2) is 54.6 Å². The van der Waals surface area contributed by atoms with Crippen LogP contribution in [0.3, 0.4) is 0 Å². The maximum atomic E-state index is 11.7. The molecule has 2 rings (SSSR count). The van der Waals surface area contributed by atoms with E-state index in [4.69, 9.17) is 4.74 Å². The zero-order valence-electron chi connectivity index (χ0n) is 12.5. The molecule has 0 radical (unpaired) electrons. The van der Waals surface area contributed by atoms with Gasteiger partial charge in [0.2, 0.25) is 0 Å². The number of nitrogens with one attached hydrogen (secondary N) is 1. The summed E-state index contributed by atoms with van der Waals surface area (Å²) in [5.74, 6) is -0.268. The van der Waals surface area contributed by atoms with Crippen LogP contribution in [0.25, 0.3) is 0 Å². The second-order valence-corrected chi connectivity index (χ2v) is 4.93. The number of ether oxygens (including phenoxy) is 1. The van der Waals surface area contributed by atoms with Gasteiger partial charge in [-0.15, -0.1) is 0 Å². The molecule has 0 heterocycles. The summed E-state index contributed by atoms with van der Waals surface area (Å²) in [7, 11) is 0. The zero-order valence-corrected chi connectivity index (χ0v) is 12.5. The Morgan fingerprint density at radius 1 is 1.14 bits per heavy atom. The van der Waals surface area contributed by atoms with E-state index in [0.29, 0.717) is 18.7 Å². The van der Waals surface area contributed by atoms with Crippen LogP contribution < -0.4 is 5.32 Å². The van der Waals surface area contributed by atoms with Gasteiger partial charge in [-0.25, -0.2) is 4.79 Å². The second-order valence-electron chi connectivity index (χ2n) is 4.93. The second kappa shape index (κ2) is 7.60. The largest absolute Gasteiger partial charge is 0.462 e. The molecule has 0 aliphatic heterocycles. The molecule has 0 aromatic heterocycles. The quantitative estimate of drug-likeness (QED) is 0.821. The molecule has 110 valence electrons. The van der Waals surface area contributed by atoms with E-state index in [0.717, 1.165) is 5.56 Å².